The van der Waals surface area contributed by atoms with Gasteiger partial charge in [-0.25, -0.2) is 9.97 Å². The van der Waals surface area contributed by atoms with Gasteiger partial charge in [0.05, 0.1) is 0 Å². The molecule has 0 aromatic carbocycles. The fraction of sp³-hybridized carbons (Fsp3) is 0.692. The van der Waals surface area contributed by atoms with Crippen LogP contribution in [-0.4, -0.2) is 53.6 Å². The zero-order valence-corrected chi connectivity index (χ0v) is 11.6. The van der Waals surface area contributed by atoms with Crippen molar-refractivity contribution < 1.29 is 0 Å². The number of hydrogen-bond acceptors (Lipinski definition) is 5. The molecule has 0 amide bonds. The van der Waals surface area contributed by atoms with Gasteiger partial charge in [-0.15, -0.1) is 0 Å². The third kappa shape index (κ3) is 2.90. The van der Waals surface area contributed by atoms with Gasteiger partial charge in [0, 0.05) is 38.3 Å². The van der Waals surface area contributed by atoms with Crippen LogP contribution >= 0.6 is 0 Å². The molecule has 0 aliphatic carbocycles. The molecule has 1 aliphatic heterocycles. The highest BCUT2D eigenvalue weighted by molar-refractivity contribution is 5.48. The van der Waals surface area contributed by atoms with Crippen LogP contribution in [0.15, 0.2) is 12.4 Å². The predicted molar refractivity (Wildman–Crippen MR) is 75.1 cm³/mol. The molecule has 1 aromatic heterocycles. The maximum Gasteiger partial charge on any atom is 0.134 e. The van der Waals surface area contributed by atoms with Crippen molar-refractivity contribution in [2.45, 2.75) is 26.8 Å². The van der Waals surface area contributed by atoms with Gasteiger partial charge in [-0.3, -0.25) is 4.90 Å². The molecule has 2 rings (SSSR count). The number of nitrogens with zero attached hydrogens (tertiary/aromatic N) is 4. The molecule has 0 bridgehead atoms. The molecule has 1 aliphatic rings. The van der Waals surface area contributed by atoms with Gasteiger partial charge in [-0.2, -0.15) is 0 Å². The second-order valence-corrected chi connectivity index (χ2v) is 4.72. The lowest BCUT2D eigenvalue weighted by molar-refractivity contribution is 0.199. The Kier molecular flexibility index (Phi) is 4.36. The van der Waals surface area contributed by atoms with Crippen LogP contribution in [0.4, 0.5) is 11.6 Å². The Morgan fingerprint density at radius 2 is 2.17 bits per heavy atom. The predicted octanol–water partition coefficient (Wildman–Crippen LogP) is 1.44. The third-order valence-electron chi connectivity index (χ3n) is 3.51. The molecule has 1 N–H and O–H groups in total. The Balaban J connectivity index is 2.05. The Bertz CT molecular complexity index is 381. The van der Waals surface area contributed by atoms with Crippen LogP contribution in [0.2, 0.25) is 0 Å². The van der Waals surface area contributed by atoms with Gasteiger partial charge in [-0.1, -0.05) is 6.92 Å². The standard InChI is InChI=1S/C13H23N5/c1-4-14-12-8-13(16-10-15-12)18-7-6-17(5-2)11(3)9-18/h8,10-11H,4-7,9H2,1-3H3,(H,14,15,16). The monoisotopic (exact) mass is 249 g/mol. The summed E-state index contributed by atoms with van der Waals surface area (Å²) >= 11 is 0. The molecule has 1 fully saturated rings. The number of hydrogen-bond donors (Lipinski definition) is 1. The summed E-state index contributed by atoms with van der Waals surface area (Å²) in [7, 11) is 0. The SMILES string of the molecule is CCNc1cc(N2CCN(CC)C(C)C2)ncn1. The van der Waals surface area contributed by atoms with E-state index in [2.05, 4.69) is 45.9 Å². The van der Waals surface area contributed by atoms with Crippen LogP contribution in [0.5, 0.6) is 0 Å². The summed E-state index contributed by atoms with van der Waals surface area (Å²) in [6.45, 7) is 11.8. The lowest BCUT2D eigenvalue weighted by atomic mass is 10.2. The number of rotatable bonds is 4. The average Bonchev–Trinajstić information content (AvgIpc) is 2.39. The smallest absolute Gasteiger partial charge is 0.134 e. The third-order valence-corrected chi connectivity index (χ3v) is 3.51. The molecule has 1 saturated heterocycles. The minimum atomic E-state index is 0.585. The first-order valence-electron chi connectivity index (χ1n) is 6.79. The van der Waals surface area contributed by atoms with E-state index in [-0.39, 0.29) is 0 Å². The highest BCUT2D eigenvalue weighted by Crippen LogP contribution is 2.18. The molecule has 5 nitrogen and oxygen atoms in total. The largest absolute Gasteiger partial charge is 0.370 e. The summed E-state index contributed by atoms with van der Waals surface area (Å²) in [6, 6.07) is 2.62. The molecule has 100 valence electrons. The summed E-state index contributed by atoms with van der Waals surface area (Å²) in [5.41, 5.74) is 0. The average molecular weight is 249 g/mol. The van der Waals surface area contributed by atoms with Gasteiger partial charge in [-0.05, 0) is 20.4 Å². The van der Waals surface area contributed by atoms with E-state index in [1.807, 2.05) is 6.07 Å². The Morgan fingerprint density at radius 3 is 2.83 bits per heavy atom. The van der Waals surface area contributed by atoms with Crippen LogP contribution in [0.3, 0.4) is 0 Å². The summed E-state index contributed by atoms with van der Waals surface area (Å²) in [5.74, 6) is 1.94. The highest BCUT2D eigenvalue weighted by atomic mass is 15.3. The van der Waals surface area contributed by atoms with Gasteiger partial charge < -0.3 is 10.2 Å². The first-order valence-corrected chi connectivity index (χ1v) is 6.79. The fourth-order valence-corrected chi connectivity index (χ4v) is 2.47. The van der Waals surface area contributed by atoms with Crippen molar-refractivity contribution in [3.63, 3.8) is 0 Å². The second-order valence-electron chi connectivity index (χ2n) is 4.72. The van der Waals surface area contributed by atoms with Crippen LogP contribution in [0, 0.1) is 0 Å². The Hall–Kier alpha value is -1.36. The molecule has 1 aromatic rings. The Labute approximate surface area is 109 Å². The summed E-state index contributed by atoms with van der Waals surface area (Å²) < 4.78 is 0. The molecule has 0 spiro atoms. The first-order chi connectivity index (χ1) is 8.74. The van der Waals surface area contributed by atoms with Crippen molar-refractivity contribution in [2.24, 2.45) is 0 Å². The van der Waals surface area contributed by atoms with Gasteiger partial charge in [0.2, 0.25) is 0 Å². The Morgan fingerprint density at radius 1 is 1.33 bits per heavy atom. The minimum absolute atomic E-state index is 0.585. The van der Waals surface area contributed by atoms with Gasteiger partial charge >= 0.3 is 0 Å². The number of aromatic nitrogens is 2. The maximum absolute atomic E-state index is 4.39. The lowest BCUT2D eigenvalue weighted by Gasteiger charge is -2.39. The molecule has 2 heterocycles. The van der Waals surface area contributed by atoms with E-state index in [9.17, 15) is 0 Å². The van der Waals surface area contributed by atoms with E-state index in [1.54, 1.807) is 6.33 Å². The highest BCUT2D eigenvalue weighted by Gasteiger charge is 2.23. The topological polar surface area (TPSA) is 44.3 Å². The lowest BCUT2D eigenvalue weighted by Crippen LogP contribution is -2.52. The van der Waals surface area contributed by atoms with Crippen molar-refractivity contribution in [3.8, 4) is 0 Å². The molecule has 18 heavy (non-hydrogen) atoms. The van der Waals surface area contributed by atoms with Crippen molar-refractivity contribution in [1.29, 1.82) is 0 Å². The molecular weight excluding hydrogens is 226 g/mol. The number of anilines is 2. The number of piperazine rings is 1. The first kappa shape index (κ1) is 13.1. The molecule has 0 radical (unpaired) electrons. The van der Waals surface area contributed by atoms with E-state index < -0.39 is 0 Å². The number of nitrogens with one attached hydrogen (secondary N) is 1. The normalized spacial score (nSPS) is 21.1. The fourth-order valence-electron chi connectivity index (χ4n) is 2.47. The molecule has 0 saturated carbocycles. The second kappa shape index (κ2) is 6.00. The van der Waals surface area contributed by atoms with Crippen molar-refractivity contribution in [1.82, 2.24) is 14.9 Å². The van der Waals surface area contributed by atoms with Crippen LogP contribution in [0.25, 0.3) is 0 Å². The van der Waals surface area contributed by atoms with E-state index >= 15 is 0 Å². The van der Waals surface area contributed by atoms with Gasteiger partial charge in [0.1, 0.15) is 18.0 Å². The summed E-state index contributed by atoms with van der Waals surface area (Å²) in [4.78, 5) is 13.5. The zero-order chi connectivity index (χ0) is 13.0. The molecule has 5 heteroatoms. The molecular formula is C13H23N5. The van der Waals surface area contributed by atoms with E-state index in [1.165, 1.54) is 0 Å². The summed E-state index contributed by atoms with van der Waals surface area (Å²) in [6.07, 6.45) is 1.64. The van der Waals surface area contributed by atoms with E-state index in [0.717, 1.165) is 44.4 Å². The van der Waals surface area contributed by atoms with Crippen LogP contribution in [0.1, 0.15) is 20.8 Å². The van der Waals surface area contributed by atoms with Crippen molar-refractivity contribution >= 4 is 11.6 Å². The van der Waals surface area contributed by atoms with Crippen molar-refractivity contribution in [2.75, 3.05) is 42.9 Å². The van der Waals surface area contributed by atoms with Crippen molar-refractivity contribution in [3.05, 3.63) is 12.4 Å². The summed E-state index contributed by atoms with van der Waals surface area (Å²) in [5, 5.41) is 3.23. The van der Waals surface area contributed by atoms with Gasteiger partial charge in [0.15, 0.2) is 0 Å². The van der Waals surface area contributed by atoms with E-state index in [0.29, 0.717) is 6.04 Å². The quantitative estimate of drug-likeness (QED) is 0.874. The number of likely N-dealkylation sites (N-methyl/N-ethyl adjacent to an activating group) is 1. The van der Waals surface area contributed by atoms with E-state index in [4.69, 9.17) is 0 Å². The maximum atomic E-state index is 4.39. The van der Waals surface area contributed by atoms with Crippen LogP contribution in [-0.2, 0) is 0 Å². The molecule has 1 unspecified atom stereocenters. The minimum Gasteiger partial charge on any atom is -0.370 e. The zero-order valence-electron chi connectivity index (χ0n) is 11.6. The van der Waals surface area contributed by atoms with Gasteiger partial charge in [0.25, 0.3) is 0 Å². The molecule has 1 atom stereocenters. The van der Waals surface area contributed by atoms with Crippen LogP contribution < -0.4 is 10.2 Å².